The van der Waals surface area contributed by atoms with Crippen molar-refractivity contribution in [2.75, 3.05) is 25.3 Å². The summed E-state index contributed by atoms with van der Waals surface area (Å²) in [7, 11) is 1.39. The molecular formula is C8H14N2O4S. The van der Waals surface area contributed by atoms with Crippen LogP contribution in [-0.4, -0.2) is 54.4 Å². The minimum Gasteiger partial charge on any atom is -0.480 e. The Morgan fingerprint density at radius 3 is 2.93 bits per heavy atom. The van der Waals surface area contributed by atoms with Gasteiger partial charge in [0.1, 0.15) is 0 Å². The van der Waals surface area contributed by atoms with E-state index in [0.29, 0.717) is 5.75 Å². The van der Waals surface area contributed by atoms with E-state index >= 15 is 0 Å². The predicted octanol–water partition coefficient (Wildman–Crippen LogP) is -1.14. The van der Waals surface area contributed by atoms with Gasteiger partial charge in [-0.3, -0.25) is 10.1 Å². The summed E-state index contributed by atoms with van der Waals surface area (Å²) in [6, 6.07) is -1.27. The smallest absolute Gasteiger partial charge is 0.328 e. The minimum atomic E-state index is -1.09. The molecule has 1 amide bonds. The molecule has 0 aliphatic carbocycles. The van der Waals surface area contributed by atoms with Gasteiger partial charge in [0, 0.05) is 18.7 Å². The van der Waals surface area contributed by atoms with Crippen molar-refractivity contribution in [3.63, 3.8) is 0 Å². The van der Waals surface area contributed by atoms with E-state index in [2.05, 4.69) is 10.6 Å². The van der Waals surface area contributed by atoms with Crippen LogP contribution >= 0.6 is 11.8 Å². The first-order valence-electron chi connectivity index (χ1n) is 4.48. The fourth-order valence-corrected chi connectivity index (χ4v) is 2.12. The molecule has 1 rings (SSSR count). The van der Waals surface area contributed by atoms with Gasteiger partial charge in [-0.1, -0.05) is 0 Å². The number of carbonyl (C=O) groups excluding carboxylic acids is 1. The van der Waals surface area contributed by atoms with Crippen molar-refractivity contribution >= 4 is 23.6 Å². The number of aliphatic carboxylic acids is 1. The maximum atomic E-state index is 11.5. The van der Waals surface area contributed by atoms with E-state index in [1.807, 2.05) is 0 Å². The van der Waals surface area contributed by atoms with Gasteiger partial charge in [-0.25, -0.2) is 4.79 Å². The first-order valence-corrected chi connectivity index (χ1v) is 5.64. The van der Waals surface area contributed by atoms with E-state index in [4.69, 9.17) is 9.84 Å². The lowest BCUT2D eigenvalue weighted by Gasteiger charge is -2.16. The summed E-state index contributed by atoms with van der Waals surface area (Å²) in [5.41, 5.74) is 0. The number of amides is 1. The van der Waals surface area contributed by atoms with E-state index in [1.165, 1.54) is 7.11 Å². The molecule has 1 fully saturated rings. The molecular weight excluding hydrogens is 220 g/mol. The number of rotatable bonds is 5. The second-order valence-electron chi connectivity index (χ2n) is 3.13. The van der Waals surface area contributed by atoms with Crippen LogP contribution < -0.4 is 10.6 Å². The maximum absolute atomic E-state index is 11.5. The molecule has 0 aromatic carbocycles. The molecule has 0 aromatic rings. The number of thioether (sulfide) groups is 1. The first-order chi connectivity index (χ1) is 7.15. The molecule has 15 heavy (non-hydrogen) atoms. The summed E-state index contributed by atoms with van der Waals surface area (Å²) in [6.07, 6.45) is 0. The maximum Gasteiger partial charge on any atom is 0.328 e. The SMILES string of the molecule is COCC(NC(=O)C1CSCN1)C(=O)O. The molecule has 7 heteroatoms. The van der Waals surface area contributed by atoms with E-state index < -0.39 is 12.0 Å². The lowest BCUT2D eigenvalue weighted by molar-refractivity contribution is -0.143. The van der Waals surface area contributed by atoms with Crippen LogP contribution in [0.5, 0.6) is 0 Å². The third-order valence-electron chi connectivity index (χ3n) is 1.98. The molecule has 0 saturated carbocycles. The van der Waals surface area contributed by atoms with Crippen LogP contribution in [0.25, 0.3) is 0 Å². The molecule has 1 heterocycles. The van der Waals surface area contributed by atoms with Crippen molar-refractivity contribution in [2.45, 2.75) is 12.1 Å². The van der Waals surface area contributed by atoms with Gasteiger partial charge in [-0.15, -0.1) is 11.8 Å². The lowest BCUT2D eigenvalue weighted by atomic mass is 10.2. The summed E-state index contributed by atoms with van der Waals surface area (Å²) in [5.74, 6) is 0.0194. The van der Waals surface area contributed by atoms with E-state index in [9.17, 15) is 9.59 Å². The van der Waals surface area contributed by atoms with Crippen molar-refractivity contribution in [3.8, 4) is 0 Å². The number of carbonyl (C=O) groups is 2. The fraction of sp³-hybridized carbons (Fsp3) is 0.750. The van der Waals surface area contributed by atoms with Gasteiger partial charge >= 0.3 is 5.97 Å². The van der Waals surface area contributed by atoms with Crippen LogP contribution in [-0.2, 0) is 14.3 Å². The molecule has 6 nitrogen and oxygen atoms in total. The Morgan fingerprint density at radius 2 is 2.47 bits per heavy atom. The number of methoxy groups -OCH3 is 1. The van der Waals surface area contributed by atoms with Gasteiger partial charge in [-0.05, 0) is 0 Å². The zero-order valence-electron chi connectivity index (χ0n) is 8.36. The molecule has 1 aliphatic heterocycles. The molecule has 3 N–H and O–H groups in total. The Morgan fingerprint density at radius 1 is 1.73 bits per heavy atom. The van der Waals surface area contributed by atoms with Crippen molar-refractivity contribution in [2.24, 2.45) is 0 Å². The summed E-state index contributed by atoms with van der Waals surface area (Å²) in [5, 5.41) is 14.2. The number of nitrogens with one attached hydrogen (secondary N) is 2. The quantitative estimate of drug-likeness (QED) is 0.557. The average molecular weight is 234 g/mol. The van der Waals surface area contributed by atoms with Crippen molar-refractivity contribution < 1.29 is 19.4 Å². The normalized spacial score (nSPS) is 22.3. The van der Waals surface area contributed by atoms with Crippen LogP contribution in [0.2, 0.25) is 0 Å². The highest BCUT2D eigenvalue weighted by Crippen LogP contribution is 2.09. The largest absolute Gasteiger partial charge is 0.480 e. The lowest BCUT2D eigenvalue weighted by Crippen LogP contribution is -2.50. The number of carboxylic acids is 1. The van der Waals surface area contributed by atoms with Crippen molar-refractivity contribution in [1.29, 1.82) is 0 Å². The molecule has 2 atom stereocenters. The van der Waals surface area contributed by atoms with E-state index in [0.717, 1.165) is 5.88 Å². The number of hydrogen-bond donors (Lipinski definition) is 3. The van der Waals surface area contributed by atoms with Crippen LogP contribution in [0, 0.1) is 0 Å². The van der Waals surface area contributed by atoms with Crippen molar-refractivity contribution in [3.05, 3.63) is 0 Å². The van der Waals surface area contributed by atoms with E-state index in [-0.39, 0.29) is 18.6 Å². The van der Waals surface area contributed by atoms with Crippen molar-refractivity contribution in [1.82, 2.24) is 10.6 Å². The second kappa shape index (κ2) is 5.94. The van der Waals surface area contributed by atoms with Gasteiger partial charge in [0.15, 0.2) is 6.04 Å². The molecule has 0 aromatic heterocycles. The van der Waals surface area contributed by atoms with Gasteiger partial charge in [-0.2, -0.15) is 0 Å². The molecule has 0 spiro atoms. The molecule has 86 valence electrons. The monoisotopic (exact) mass is 234 g/mol. The highest BCUT2D eigenvalue weighted by atomic mass is 32.2. The highest BCUT2D eigenvalue weighted by molar-refractivity contribution is 7.99. The first kappa shape index (κ1) is 12.3. The average Bonchev–Trinajstić information content (AvgIpc) is 2.69. The van der Waals surface area contributed by atoms with Gasteiger partial charge < -0.3 is 15.2 Å². The topological polar surface area (TPSA) is 87.7 Å². The summed E-state index contributed by atoms with van der Waals surface area (Å²) >= 11 is 1.61. The Labute approximate surface area is 91.7 Å². The molecule has 0 bridgehead atoms. The Balaban J connectivity index is 2.42. The van der Waals surface area contributed by atoms with Crippen LogP contribution in [0.15, 0.2) is 0 Å². The third kappa shape index (κ3) is 3.69. The number of carboxylic acid groups (broad SMARTS) is 1. The van der Waals surface area contributed by atoms with Gasteiger partial charge in [0.05, 0.1) is 12.6 Å². The van der Waals surface area contributed by atoms with Crippen LogP contribution in [0.4, 0.5) is 0 Å². The molecule has 1 aliphatic rings. The number of ether oxygens (including phenoxy) is 1. The molecule has 2 unspecified atom stereocenters. The van der Waals surface area contributed by atoms with Gasteiger partial charge in [0.25, 0.3) is 0 Å². The number of hydrogen-bond acceptors (Lipinski definition) is 5. The zero-order chi connectivity index (χ0) is 11.3. The van der Waals surface area contributed by atoms with E-state index in [1.54, 1.807) is 11.8 Å². The third-order valence-corrected chi connectivity index (χ3v) is 2.92. The highest BCUT2D eigenvalue weighted by Gasteiger charge is 2.27. The standard InChI is InChI=1S/C8H14N2O4S/c1-14-2-5(8(12)13)10-7(11)6-3-15-4-9-6/h5-6,9H,2-4H2,1H3,(H,10,11)(H,12,13). The minimum absolute atomic E-state index is 0.0268. The Hall–Kier alpha value is -0.790. The fourth-order valence-electron chi connectivity index (χ4n) is 1.18. The van der Waals surface area contributed by atoms with Crippen LogP contribution in [0.1, 0.15) is 0 Å². The second-order valence-corrected chi connectivity index (χ2v) is 4.16. The summed E-state index contributed by atoms with van der Waals surface area (Å²) in [4.78, 5) is 22.2. The van der Waals surface area contributed by atoms with Crippen LogP contribution in [0.3, 0.4) is 0 Å². The Bertz CT molecular complexity index is 243. The summed E-state index contributed by atoms with van der Waals surface area (Å²) in [6.45, 7) is -0.0268. The Kier molecular flexibility index (Phi) is 4.86. The zero-order valence-corrected chi connectivity index (χ0v) is 9.17. The molecule has 1 saturated heterocycles. The van der Waals surface area contributed by atoms with Gasteiger partial charge in [0.2, 0.25) is 5.91 Å². The molecule has 0 radical (unpaired) electrons. The predicted molar refractivity (Wildman–Crippen MR) is 55.7 cm³/mol. The summed E-state index contributed by atoms with van der Waals surface area (Å²) < 4.78 is 4.71.